The first-order valence-electron chi connectivity index (χ1n) is 4.18. The number of hydrogen-bond donors (Lipinski definition) is 0. The average Bonchev–Trinajstić information content (AvgIpc) is 2.14. The molecule has 0 aliphatic heterocycles. The number of aryl methyl sites for hydroxylation is 1. The topological polar surface area (TPSA) is 0 Å². The van der Waals surface area contributed by atoms with Crippen LogP contribution in [0, 0.1) is 18.8 Å². The standard InChI is InChI=1S/C11H8ClF3/c1-8-7-10(11(13,14)15)5-4-9(8)3-2-6-12/h4-5,7H,6H2,1H3. The molecule has 0 saturated carbocycles. The van der Waals surface area contributed by atoms with Crippen LogP contribution in [0.4, 0.5) is 13.2 Å². The SMILES string of the molecule is Cc1cc(C(F)(F)F)ccc1C#CCCl. The van der Waals surface area contributed by atoms with Crippen LogP contribution in [0.15, 0.2) is 18.2 Å². The van der Waals surface area contributed by atoms with E-state index >= 15 is 0 Å². The Bertz CT molecular complexity index is 410. The Morgan fingerprint density at radius 2 is 2.00 bits per heavy atom. The fourth-order valence-corrected chi connectivity index (χ4v) is 1.18. The van der Waals surface area contributed by atoms with E-state index in [0.717, 1.165) is 12.1 Å². The maximum atomic E-state index is 12.3. The van der Waals surface area contributed by atoms with Crippen molar-refractivity contribution in [1.29, 1.82) is 0 Å². The third kappa shape index (κ3) is 3.17. The highest BCUT2D eigenvalue weighted by atomic mass is 35.5. The first kappa shape index (κ1) is 11.9. The molecule has 1 rings (SSSR count). The van der Waals surface area contributed by atoms with Gasteiger partial charge < -0.3 is 0 Å². The lowest BCUT2D eigenvalue weighted by Crippen LogP contribution is -2.05. The van der Waals surface area contributed by atoms with Gasteiger partial charge in [-0.2, -0.15) is 13.2 Å². The molecule has 0 spiro atoms. The molecule has 0 bridgehead atoms. The highest BCUT2D eigenvalue weighted by Crippen LogP contribution is 2.30. The summed E-state index contributed by atoms with van der Waals surface area (Å²) in [5.41, 5.74) is 0.419. The fourth-order valence-electron chi connectivity index (χ4n) is 1.11. The maximum absolute atomic E-state index is 12.3. The van der Waals surface area contributed by atoms with Gasteiger partial charge in [0.05, 0.1) is 11.4 Å². The van der Waals surface area contributed by atoms with Crippen molar-refractivity contribution in [2.75, 3.05) is 5.88 Å². The highest BCUT2D eigenvalue weighted by Gasteiger charge is 2.30. The van der Waals surface area contributed by atoms with Gasteiger partial charge in [0, 0.05) is 5.56 Å². The largest absolute Gasteiger partial charge is 0.416 e. The maximum Gasteiger partial charge on any atom is 0.416 e. The summed E-state index contributed by atoms with van der Waals surface area (Å²) in [6.07, 6.45) is -4.30. The molecule has 0 aliphatic carbocycles. The van der Waals surface area contributed by atoms with E-state index < -0.39 is 11.7 Å². The lowest BCUT2D eigenvalue weighted by molar-refractivity contribution is -0.137. The van der Waals surface area contributed by atoms with E-state index in [0.29, 0.717) is 11.1 Å². The van der Waals surface area contributed by atoms with Crippen molar-refractivity contribution in [2.45, 2.75) is 13.1 Å². The molecule has 0 unspecified atom stereocenters. The Labute approximate surface area is 91.1 Å². The third-order valence-electron chi connectivity index (χ3n) is 1.84. The average molecular weight is 233 g/mol. The van der Waals surface area contributed by atoms with Crippen LogP contribution >= 0.6 is 11.6 Å². The fraction of sp³-hybridized carbons (Fsp3) is 0.273. The van der Waals surface area contributed by atoms with Crippen LogP contribution in [-0.4, -0.2) is 5.88 Å². The van der Waals surface area contributed by atoms with Crippen molar-refractivity contribution < 1.29 is 13.2 Å². The number of benzene rings is 1. The second kappa shape index (κ2) is 4.59. The second-order valence-corrected chi connectivity index (χ2v) is 3.23. The Balaban J connectivity index is 3.09. The van der Waals surface area contributed by atoms with Gasteiger partial charge in [-0.25, -0.2) is 0 Å². The van der Waals surface area contributed by atoms with Crippen LogP contribution in [0.2, 0.25) is 0 Å². The van der Waals surface area contributed by atoms with Crippen molar-refractivity contribution in [3.63, 3.8) is 0 Å². The smallest absolute Gasteiger partial charge is 0.166 e. The van der Waals surface area contributed by atoms with Gasteiger partial charge >= 0.3 is 6.18 Å². The molecular weight excluding hydrogens is 225 g/mol. The zero-order chi connectivity index (χ0) is 11.5. The molecule has 1 aromatic carbocycles. The van der Waals surface area contributed by atoms with E-state index in [1.807, 2.05) is 0 Å². The van der Waals surface area contributed by atoms with Crippen molar-refractivity contribution in [3.05, 3.63) is 34.9 Å². The number of hydrogen-bond acceptors (Lipinski definition) is 0. The molecule has 4 heteroatoms. The van der Waals surface area contributed by atoms with E-state index in [-0.39, 0.29) is 5.88 Å². The van der Waals surface area contributed by atoms with E-state index in [1.54, 1.807) is 6.92 Å². The van der Waals surface area contributed by atoms with E-state index in [4.69, 9.17) is 11.6 Å². The van der Waals surface area contributed by atoms with Gasteiger partial charge in [-0.3, -0.25) is 0 Å². The summed E-state index contributed by atoms with van der Waals surface area (Å²) < 4.78 is 36.9. The minimum absolute atomic E-state index is 0.167. The predicted molar refractivity (Wildman–Crippen MR) is 53.8 cm³/mol. The summed E-state index contributed by atoms with van der Waals surface area (Å²) in [4.78, 5) is 0. The van der Waals surface area contributed by atoms with Crippen LogP contribution in [0.5, 0.6) is 0 Å². The van der Waals surface area contributed by atoms with Crippen molar-refractivity contribution in [1.82, 2.24) is 0 Å². The van der Waals surface area contributed by atoms with Crippen LogP contribution in [0.25, 0.3) is 0 Å². The van der Waals surface area contributed by atoms with Gasteiger partial charge in [0.15, 0.2) is 0 Å². The molecule has 0 atom stereocenters. The lowest BCUT2D eigenvalue weighted by Gasteiger charge is -2.07. The minimum Gasteiger partial charge on any atom is -0.166 e. The molecule has 0 fully saturated rings. The molecule has 0 N–H and O–H groups in total. The van der Waals surface area contributed by atoms with E-state index in [1.165, 1.54) is 6.07 Å². The lowest BCUT2D eigenvalue weighted by atomic mass is 10.1. The first-order chi connectivity index (χ1) is 6.95. The van der Waals surface area contributed by atoms with Gasteiger partial charge in [0.1, 0.15) is 0 Å². The number of halogens is 4. The third-order valence-corrected chi connectivity index (χ3v) is 1.98. The molecule has 0 heterocycles. The second-order valence-electron chi connectivity index (χ2n) is 2.96. The molecule has 80 valence electrons. The zero-order valence-corrected chi connectivity index (χ0v) is 8.71. The summed E-state index contributed by atoms with van der Waals surface area (Å²) in [5, 5.41) is 0. The molecular formula is C11H8ClF3. The molecule has 0 aromatic heterocycles. The quantitative estimate of drug-likeness (QED) is 0.474. The molecule has 1 aromatic rings. The van der Waals surface area contributed by atoms with Crippen molar-refractivity contribution >= 4 is 11.6 Å². The van der Waals surface area contributed by atoms with E-state index in [9.17, 15) is 13.2 Å². The predicted octanol–water partition coefficient (Wildman–Crippen LogP) is 3.60. The summed E-state index contributed by atoms with van der Waals surface area (Å²) >= 11 is 5.35. The van der Waals surface area contributed by atoms with Crippen LogP contribution < -0.4 is 0 Å². The van der Waals surface area contributed by atoms with Crippen LogP contribution in [-0.2, 0) is 6.18 Å². The van der Waals surface area contributed by atoms with Gasteiger partial charge in [-0.15, -0.1) is 11.6 Å². The molecule has 0 nitrogen and oxygen atoms in total. The molecule has 0 aliphatic rings. The molecule has 0 saturated heterocycles. The Hall–Kier alpha value is -1.14. The number of rotatable bonds is 0. The Kier molecular flexibility index (Phi) is 3.65. The van der Waals surface area contributed by atoms with Gasteiger partial charge in [-0.05, 0) is 30.7 Å². The van der Waals surface area contributed by atoms with Crippen LogP contribution in [0.3, 0.4) is 0 Å². The Morgan fingerprint density at radius 1 is 1.33 bits per heavy atom. The molecule has 0 amide bonds. The van der Waals surface area contributed by atoms with Gasteiger partial charge in [0.25, 0.3) is 0 Å². The zero-order valence-electron chi connectivity index (χ0n) is 7.95. The normalized spacial score (nSPS) is 10.7. The van der Waals surface area contributed by atoms with Gasteiger partial charge in [0.2, 0.25) is 0 Å². The molecule has 0 radical (unpaired) electrons. The summed E-state index contributed by atoms with van der Waals surface area (Å²) in [5.74, 6) is 5.46. The molecule has 15 heavy (non-hydrogen) atoms. The minimum atomic E-state index is -4.30. The highest BCUT2D eigenvalue weighted by molar-refractivity contribution is 6.19. The van der Waals surface area contributed by atoms with E-state index in [2.05, 4.69) is 11.8 Å². The Morgan fingerprint density at radius 3 is 2.47 bits per heavy atom. The summed E-state index contributed by atoms with van der Waals surface area (Å²) in [6, 6.07) is 3.46. The summed E-state index contributed by atoms with van der Waals surface area (Å²) in [6.45, 7) is 1.59. The van der Waals surface area contributed by atoms with Gasteiger partial charge in [-0.1, -0.05) is 11.8 Å². The number of alkyl halides is 4. The van der Waals surface area contributed by atoms with Crippen LogP contribution in [0.1, 0.15) is 16.7 Å². The monoisotopic (exact) mass is 232 g/mol. The van der Waals surface area contributed by atoms with Crippen molar-refractivity contribution in [3.8, 4) is 11.8 Å². The first-order valence-corrected chi connectivity index (χ1v) is 4.71. The summed E-state index contributed by atoms with van der Waals surface area (Å²) in [7, 11) is 0. The van der Waals surface area contributed by atoms with Crippen molar-refractivity contribution in [2.24, 2.45) is 0 Å².